The summed E-state index contributed by atoms with van der Waals surface area (Å²) in [5.74, 6) is -0.991. The first-order chi connectivity index (χ1) is 62.2. The lowest BCUT2D eigenvalue weighted by Crippen LogP contribution is -2.38. The first-order valence-corrected chi connectivity index (χ1v) is 40.9. The van der Waals surface area contributed by atoms with E-state index in [1.54, 1.807) is 7.05 Å². The van der Waals surface area contributed by atoms with Crippen molar-refractivity contribution in [2.45, 2.75) is 79.3 Å². The van der Waals surface area contributed by atoms with Gasteiger partial charge in [0.15, 0.2) is 55.8 Å². The van der Waals surface area contributed by atoms with Crippen molar-refractivity contribution in [1.82, 2.24) is 98.7 Å². The Kier molecular flexibility index (Phi) is 28.1. The number of nitrogens with one attached hydrogen (secondary N) is 5. The van der Waals surface area contributed by atoms with E-state index in [9.17, 15) is 71.9 Å². The van der Waals surface area contributed by atoms with Crippen LogP contribution in [0, 0.1) is 20.8 Å². The quantitative estimate of drug-likeness (QED) is 0.0769. The number of aryl methyl sites for hydroxylation is 8. The molecule has 0 aliphatic carbocycles. The molecule has 131 heavy (non-hydrogen) atoms. The molecule has 5 amide bonds. The molecule has 6 aromatic carbocycles. The number of carbonyl (C=O) groups excluding carboxylic acids is 5. The van der Waals surface area contributed by atoms with E-state index in [1.807, 2.05) is 191 Å². The molecule has 5 N–H and O–H groups in total. The third-order valence-corrected chi connectivity index (χ3v) is 21.7. The number of imidazole rings is 5. The molecule has 0 saturated carbocycles. The highest BCUT2D eigenvalue weighted by Crippen LogP contribution is 2.24. The Morgan fingerprint density at radius 1 is 0.313 bits per heavy atom. The molecule has 16 rings (SSSR count). The van der Waals surface area contributed by atoms with E-state index in [0.29, 0.717) is 23.0 Å². The normalized spacial score (nSPS) is 11.1. The molecule has 41 nitrogen and oxygen atoms in total. The molecule has 0 saturated heterocycles. The summed E-state index contributed by atoms with van der Waals surface area (Å²) in [5, 5.41) is 14.2. The van der Waals surface area contributed by atoms with Crippen LogP contribution in [0.1, 0.15) is 59.2 Å². The summed E-state index contributed by atoms with van der Waals surface area (Å²) in [5.41, 5.74) is 7.69. The van der Waals surface area contributed by atoms with E-state index in [-0.39, 0.29) is 124 Å². The third-order valence-electron chi connectivity index (χ3n) is 21.7. The van der Waals surface area contributed by atoms with Crippen LogP contribution in [-0.4, -0.2) is 137 Å². The maximum absolute atomic E-state index is 12.9. The third kappa shape index (κ3) is 20.2. The van der Waals surface area contributed by atoms with Crippen LogP contribution in [-0.2, 0) is 127 Å². The fraction of sp³-hybridized carbons (Fsp3) is 0.267. The molecule has 16 aromatic rings. The number of rotatable bonds is 19. The zero-order valence-corrected chi connectivity index (χ0v) is 75.0. The van der Waals surface area contributed by atoms with Crippen molar-refractivity contribution in [3.8, 4) is 0 Å². The first kappa shape index (κ1) is 93.4. The van der Waals surface area contributed by atoms with Crippen LogP contribution in [0.15, 0.2) is 231 Å². The van der Waals surface area contributed by atoms with Gasteiger partial charge in [-0.2, -0.15) is 0 Å². The highest BCUT2D eigenvalue weighted by Gasteiger charge is 2.25. The highest BCUT2D eigenvalue weighted by molar-refractivity contribution is 5.94. The van der Waals surface area contributed by atoms with Crippen molar-refractivity contribution in [1.29, 1.82) is 0 Å². The summed E-state index contributed by atoms with van der Waals surface area (Å²) in [7, 11) is 18.6. The summed E-state index contributed by atoms with van der Waals surface area (Å²) >= 11 is 0. The number of aromatic nitrogens is 20. The smallest absolute Gasteiger partial charge is 0.332 e. The SMILES string of the molecule is CC(C)c1ccc(NC(=O)Cn2cnc3c2c(=O)n(C)c(=O)n3C)cc1.CN(C)c1ccc(NC(=O)Cn2cnc3c2c(=O)n(C)c(=O)n3C)cc1.Cc1ccc(NC(=O)Cn2cnc3c2c(=O)n(C)c(=O)n3C)c(C)c1.Cc1ccc(NC(=O)Cn2cnc3c2c(=O)n(C)c(=O)n3C)cc1.Cn1c(=O)c2c(ncn2CC(=O)NC(c2ccccc2)c2ccccc2)n(C)c1=O. The van der Waals surface area contributed by atoms with Crippen LogP contribution in [0.25, 0.3) is 55.8 Å². The van der Waals surface area contributed by atoms with Crippen molar-refractivity contribution in [2.75, 3.05) is 40.3 Å². The molecule has 10 aromatic heterocycles. The van der Waals surface area contributed by atoms with E-state index in [4.69, 9.17) is 0 Å². The molecule has 0 bridgehead atoms. The van der Waals surface area contributed by atoms with E-state index >= 15 is 0 Å². The van der Waals surface area contributed by atoms with Gasteiger partial charge in [0, 0.05) is 113 Å². The predicted molar refractivity (Wildman–Crippen MR) is 497 cm³/mol. The van der Waals surface area contributed by atoms with Crippen molar-refractivity contribution >= 4 is 114 Å². The Bertz CT molecular complexity index is 7540. The Morgan fingerprint density at radius 2 is 0.580 bits per heavy atom. The number of anilines is 5. The number of benzene rings is 6. The van der Waals surface area contributed by atoms with Gasteiger partial charge in [-0.25, -0.2) is 48.9 Å². The van der Waals surface area contributed by atoms with Crippen LogP contribution < -0.4 is 87.7 Å². The van der Waals surface area contributed by atoms with Crippen molar-refractivity contribution in [3.63, 3.8) is 0 Å². The van der Waals surface area contributed by atoms with Gasteiger partial charge in [0.05, 0.1) is 37.7 Å². The molecular formula is C90H98N26O15. The van der Waals surface area contributed by atoms with Crippen LogP contribution in [0.2, 0.25) is 0 Å². The lowest BCUT2D eigenvalue weighted by atomic mass is 9.99. The second-order valence-corrected chi connectivity index (χ2v) is 31.7. The van der Waals surface area contributed by atoms with Crippen molar-refractivity contribution in [2.24, 2.45) is 70.5 Å². The minimum atomic E-state index is -0.485. The van der Waals surface area contributed by atoms with Crippen LogP contribution in [0.4, 0.5) is 28.4 Å². The summed E-state index contributed by atoms with van der Waals surface area (Å²) in [6.07, 6.45) is 6.98. The molecule has 10 heterocycles. The van der Waals surface area contributed by atoms with Gasteiger partial charge in [0.25, 0.3) is 27.8 Å². The highest BCUT2D eigenvalue weighted by atomic mass is 16.2. The predicted octanol–water partition coefficient (Wildman–Crippen LogP) is 3.74. The topological polar surface area (TPSA) is 458 Å². The number of hydrogen-bond donors (Lipinski definition) is 5. The van der Waals surface area contributed by atoms with E-state index in [1.165, 1.54) is 146 Å². The molecule has 0 radical (unpaired) electrons. The molecule has 0 fully saturated rings. The molecule has 0 aliphatic heterocycles. The summed E-state index contributed by atoms with van der Waals surface area (Å²) < 4.78 is 18.7. The minimum Gasteiger partial charge on any atom is -0.378 e. The average Bonchev–Trinajstić information content (AvgIpc) is 1.71. The van der Waals surface area contributed by atoms with Gasteiger partial charge in [-0.15, -0.1) is 0 Å². The molecule has 0 spiro atoms. The number of amides is 5. The summed E-state index contributed by atoms with van der Waals surface area (Å²) in [6, 6.07) is 47.2. The summed E-state index contributed by atoms with van der Waals surface area (Å²) in [4.78, 5) is 207. The lowest BCUT2D eigenvalue weighted by molar-refractivity contribution is -0.122. The van der Waals surface area contributed by atoms with Crippen molar-refractivity contribution < 1.29 is 24.0 Å². The minimum absolute atomic E-state index is 0.0716. The second kappa shape index (κ2) is 39.4. The van der Waals surface area contributed by atoms with Gasteiger partial charge in [-0.3, -0.25) is 93.6 Å². The molecule has 0 unspecified atom stereocenters. The van der Waals surface area contributed by atoms with E-state index < -0.39 is 56.2 Å². The number of hydrogen-bond acceptors (Lipinski definition) is 21. The Labute approximate surface area is 743 Å². The Hall–Kier alpha value is -16.8. The molecule has 41 heteroatoms. The Morgan fingerprint density at radius 3 is 0.863 bits per heavy atom. The van der Waals surface area contributed by atoms with Crippen LogP contribution in [0.5, 0.6) is 0 Å². The second-order valence-electron chi connectivity index (χ2n) is 31.7. The van der Waals surface area contributed by atoms with Gasteiger partial charge < -0.3 is 54.3 Å². The molecule has 0 atom stereocenters. The summed E-state index contributed by atoms with van der Waals surface area (Å²) in [6.45, 7) is 9.67. The van der Waals surface area contributed by atoms with Gasteiger partial charge in [-0.05, 0) is 104 Å². The zero-order valence-electron chi connectivity index (χ0n) is 75.0. The van der Waals surface area contributed by atoms with E-state index in [2.05, 4.69) is 65.4 Å². The largest absolute Gasteiger partial charge is 0.378 e. The zero-order chi connectivity index (χ0) is 95.0. The first-order valence-electron chi connectivity index (χ1n) is 40.9. The monoisotopic (exact) mass is 1780 g/mol. The van der Waals surface area contributed by atoms with Crippen LogP contribution >= 0.6 is 0 Å². The number of carbonyl (C=O) groups is 5. The van der Waals surface area contributed by atoms with E-state index in [0.717, 1.165) is 62.0 Å². The molecule has 0 aliphatic rings. The fourth-order valence-electron chi connectivity index (χ4n) is 14.4. The van der Waals surface area contributed by atoms with Gasteiger partial charge in [0.1, 0.15) is 32.7 Å². The van der Waals surface area contributed by atoms with Gasteiger partial charge in [0.2, 0.25) is 29.5 Å². The standard InChI is InChI=1S/C22H21N5O3.C18H21N5O3.C17H20N6O3.C17H19N5O3.C16H17N5O3/c1-25-20-19(21(29)26(2)22(25)30)27(14-23-20)13-17(28)24-18(15-9-5-3-6-10-15)16-11-7-4-8-12-16;1-11(2)12-5-7-13(8-6-12)20-14(24)9-23-10-19-16-15(23)17(25)22(4)18(26)21(16)3;1-20(2)12-7-5-11(6-8-12)19-13(24)9-23-10-18-15-14(23)16(25)22(4)17(26)21(15)3;1-10-5-6-12(11(2)7-10)19-13(23)8-22-9-18-15-14(22)16(24)21(4)17(25)20(15)3;1-10-4-6-11(7-5-10)18-12(22)8-21-9-17-14-13(21)15(23)20(3)16(24)19(14)2/h3-12,14,18H,13H2,1-2H3,(H,24,28);5-8,10-11H,9H2,1-4H3,(H,20,24);5-8,10H,9H2,1-4H3,(H,19,24);5-7,9H,8H2,1-4H3,(H,19,23);4-7,9H,8H2,1-3H3,(H,18,22). The Balaban J connectivity index is 0.000000148. The van der Waals surface area contributed by atoms with Gasteiger partial charge in [-0.1, -0.05) is 122 Å². The molecule has 678 valence electrons. The van der Waals surface area contributed by atoms with Gasteiger partial charge >= 0.3 is 28.4 Å². The fourth-order valence-corrected chi connectivity index (χ4v) is 14.4. The molecular weight excluding hydrogens is 1690 g/mol. The number of nitrogens with zero attached hydrogens (tertiary/aromatic N) is 21. The van der Waals surface area contributed by atoms with Crippen LogP contribution in [0.3, 0.4) is 0 Å². The number of fused-ring (bicyclic) bond motifs is 5. The van der Waals surface area contributed by atoms with Crippen molar-refractivity contribution in [3.05, 3.63) is 321 Å². The average molecular weight is 1780 g/mol. The maximum Gasteiger partial charge on any atom is 0.332 e. The maximum atomic E-state index is 12.9. The lowest BCUT2D eigenvalue weighted by Gasteiger charge is -2.20.